The molecule has 2 aromatic heterocycles. The van der Waals surface area contributed by atoms with Gasteiger partial charge in [0.1, 0.15) is 0 Å². The minimum Gasteiger partial charge on any atom is -0.301 e. The summed E-state index contributed by atoms with van der Waals surface area (Å²) in [4.78, 5) is 17.4. The molecular formula is C15H14N4OS2. The van der Waals surface area contributed by atoms with Crippen LogP contribution in [0, 0.1) is 0 Å². The fourth-order valence-electron chi connectivity index (χ4n) is 1.84. The molecule has 2 heterocycles. The summed E-state index contributed by atoms with van der Waals surface area (Å²) in [6.07, 6.45) is 3.65. The van der Waals surface area contributed by atoms with Crippen LogP contribution in [0.25, 0.3) is 11.3 Å². The summed E-state index contributed by atoms with van der Waals surface area (Å²) >= 11 is 2.92. The summed E-state index contributed by atoms with van der Waals surface area (Å²) < 4.78 is 1.73. The molecule has 0 fully saturated rings. The third-order valence-electron chi connectivity index (χ3n) is 2.86. The van der Waals surface area contributed by atoms with E-state index in [0.29, 0.717) is 10.9 Å². The highest BCUT2D eigenvalue weighted by Gasteiger charge is 2.09. The third-order valence-corrected chi connectivity index (χ3v) is 4.63. The Balaban J connectivity index is 1.57. The topological polar surface area (TPSA) is 59.8 Å². The van der Waals surface area contributed by atoms with E-state index in [9.17, 15) is 4.79 Å². The number of carbonyl (C=O) groups excluding carboxylic acids is 1. The maximum Gasteiger partial charge on any atom is 0.236 e. The number of benzene rings is 1. The zero-order valence-corrected chi connectivity index (χ0v) is 13.5. The molecular weight excluding hydrogens is 316 g/mol. The molecule has 0 radical (unpaired) electrons. The molecule has 3 rings (SSSR count). The van der Waals surface area contributed by atoms with Crippen molar-refractivity contribution in [2.45, 2.75) is 4.90 Å². The van der Waals surface area contributed by atoms with Gasteiger partial charge in [-0.1, -0.05) is 18.2 Å². The lowest BCUT2D eigenvalue weighted by Crippen LogP contribution is -2.13. The van der Waals surface area contributed by atoms with Gasteiger partial charge in [0.25, 0.3) is 0 Å². The Hall–Kier alpha value is -2.12. The van der Waals surface area contributed by atoms with Gasteiger partial charge >= 0.3 is 0 Å². The van der Waals surface area contributed by atoms with Gasteiger partial charge in [0.15, 0.2) is 5.13 Å². The highest BCUT2D eigenvalue weighted by molar-refractivity contribution is 8.00. The predicted octanol–water partition coefficient (Wildman–Crippen LogP) is 3.27. The van der Waals surface area contributed by atoms with E-state index in [1.807, 2.05) is 49.0 Å². The van der Waals surface area contributed by atoms with Crippen molar-refractivity contribution in [2.24, 2.45) is 7.05 Å². The Labute approximate surface area is 136 Å². The number of hydrogen-bond donors (Lipinski definition) is 1. The van der Waals surface area contributed by atoms with Gasteiger partial charge in [-0.05, 0) is 12.1 Å². The molecule has 0 saturated heterocycles. The molecule has 5 nitrogen and oxygen atoms in total. The van der Waals surface area contributed by atoms with Crippen LogP contribution in [0.3, 0.4) is 0 Å². The van der Waals surface area contributed by atoms with Crippen molar-refractivity contribution in [3.8, 4) is 11.3 Å². The Kier molecular flexibility index (Phi) is 4.55. The number of amides is 1. The first kappa shape index (κ1) is 14.8. The van der Waals surface area contributed by atoms with Gasteiger partial charge in [0, 0.05) is 29.1 Å². The van der Waals surface area contributed by atoms with Gasteiger partial charge < -0.3 is 5.32 Å². The molecule has 1 N–H and O–H groups in total. The van der Waals surface area contributed by atoms with Crippen molar-refractivity contribution in [3.63, 3.8) is 0 Å². The normalized spacial score (nSPS) is 10.6. The quantitative estimate of drug-likeness (QED) is 0.729. The number of hydrogen-bond acceptors (Lipinski definition) is 5. The van der Waals surface area contributed by atoms with E-state index in [0.717, 1.165) is 16.2 Å². The van der Waals surface area contributed by atoms with Gasteiger partial charge in [-0.3, -0.25) is 9.48 Å². The number of anilines is 1. The van der Waals surface area contributed by atoms with E-state index in [1.54, 1.807) is 10.9 Å². The smallest absolute Gasteiger partial charge is 0.236 e. The van der Waals surface area contributed by atoms with Gasteiger partial charge in [-0.15, -0.1) is 23.1 Å². The zero-order chi connectivity index (χ0) is 15.4. The van der Waals surface area contributed by atoms with Crippen molar-refractivity contribution in [1.29, 1.82) is 0 Å². The SMILES string of the molecule is Cn1cc(-c2csc(NC(=O)CSc3ccccc3)n2)cn1. The van der Waals surface area contributed by atoms with E-state index in [-0.39, 0.29) is 5.91 Å². The molecule has 0 saturated carbocycles. The van der Waals surface area contributed by atoms with Crippen molar-refractivity contribution in [2.75, 3.05) is 11.1 Å². The van der Waals surface area contributed by atoms with Gasteiger partial charge in [-0.2, -0.15) is 5.10 Å². The maximum atomic E-state index is 12.0. The van der Waals surface area contributed by atoms with Gasteiger partial charge in [-0.25, -0.2) is 4.98 Å². The number of thioether (sulfide) groups is 1. The number of thiazole rings is 1. The molecule has 0 spiro atoms. The Morgan fingerprint density at radius 3 is 2.91 bits per heavy atom. The lowest BCUT2D eigenvalue weighted by Gasteiger charge is -2.01. The van der Waals surface area contributed by atoms with Crippen LogP contribution in [0.2, 0.25) is 0 Å². The number of nitrogens with one attached hydrogen (secondary N) is 1. The molecule has 7 heteroatoms. The van der Waals surface area contributed by atoms with Crippen LogP contribution >= 0.6 is 23.1 Å². The van der Waals surface area contributed by atoms with E-state index < -0.39 is 0 Å². The van der Waals surface area contributed by atoms with Gasteiger partial charge in [0.2, 0.25) is 5.91 Å². The highest BCUT2D eigenvalue weighted by Crippen LogP contribution is 2.24. The number of carbonyl (C=O) groups is 1. The summed E-state index contributed by atoms with van der Waals surface area (Å²) in [5.41, 5.74) is 1.77. The van der Waals surface area contributed by atoms with Crippen molar-refractivity contribution in [3.05, 3.63) is 48.1 Å². The molecule has 0 aliphatic heterocycles. The third kappa shape index (κ3) is 3.75. The molecule has 0 atom stereocenters. The predicted molar refractivity (Wildman–Crippen MR) is 90.1 cm³/mol. The molecule has 0 aliphatic carbocycles. The van der Waals surface area contributed by atoms with Crippen molar-refractivity contribution < 1.29 is 4.79 Å². The first-order valence-corrected chi connectivity index (χ1v) is 8.49. The van der Waals surface area contributed by atoms with Crippen LogP contribution in [0.5, 0.6) is 0 Å². The summed E-state index contributed by atoms with van der Waals surface area (Å²) in [6, 6.07) is 9.85. The van der Waals surface area contributed by atoms with Gasteiger partial charge in [0.05, 0.1) is 17.6 Å². The fraction of sp³-hybridized carbons (Fsp3) is 0.133. The average Bonchev–Trinajstić information content (AvgIpc) is 3.15. The van der Waals surface area contributed by atoms with E-state index in [4.69, 9.17) is 0 Å². The highest BCUT2D eigenvalue weighted by atomic mass is 32.2. The second-order valence-corrected chi connectivity index (χ2v) is 6.50. The molecule has 3 aromatic rings. The Bertz CT molecular complexity index is 767. The molecule has 0 bridgehead atoms. The van der Waals surface area contributed by atoms with E-state index >= 15 is 0 Å². The molecule has 0 unspecified atom stereocenters. The summed E-state index contributed by atoms with van der Waals surface area (Å²) in [5.74, 6) is 0.312. The number of aryl methyl sites for hydroxylation is 1. The van der Waals surface area contributed by atoms with Crippen LogP contribution in [-0.4, -0.2) is 26.4 Å². The molecule has 112 valence electrons. The Morgan fingerprint density at radius 2 is 2.18 bits per heavy atom. The molecule has 22 heavy (non-hydrogen) atoms. The van der Waals surface area contributed by atoms with Crippen LogP contribution in [0.15, 0.2) is 53.0 Å². The molecule has 0 aliphatic rings. The van der Waals surface area contributed by atoms with Crippen LogP contribution in [0.1, 0.15) is 0 Å². The largest absolute Gasteiger partial charge is 0.301 e. The van der Waals surface area contributed by atoms with Crippen molar-refractivity contribution >= 4 is 34.1 Å². The van der Waals surface area contributed by atoms with Crippen LogP contribution in [-0.2, 0) is 11.8 Å². The lowest BCUT2D eigenvalue weighted by molar-refractivity contribution is -0.113. The zero-order valence-electron chi connectivity index (χ0n) is 11.9. The molecule has 1 aromatic carbocycles. The lowest BCUT2D eigenvalue weighted by atomic mass is 10.3. The summed E-state index contributed by atoms with van der Waals surface area (Å²) in [6.45, 7) is 0. The number of nitrogens with zero attached hydrogens (tertiary/aromatic N) is 3. The van der Waals surface area contributed by atoms with E-state index in [1.165, 1.54) is 23.1 Å². The standard InChI is InChI=1S/C15H14N4OS2/c1-19-8-11(7-16-19)13-9-22-15(17-13)18-14(20)10-21-12-5-3-2-4-6-12/h2-9H,10H2,1H3,(H,17,18,20). The minimum atomic E-state index is -0.0547. The van der Waals surface area contributed by atoms with Crippen LogP contribution < -0.4 is 5.32 Å². The van der Waals surface area contributed by atoms with Crippen LogP contribution in [0.4, 0.5) is 5.13 Å². The second-order valence-electron chi connectivity index (χ2n) is 4.59. The summed E-state index contributed by atoms with van der Waals surface area (Å²) in [7, 11) is 1.86. The fourth-order valence-corrected chi connectivity index (χ4v) is 3.29. The Morgan fingerprint density at radius 1 is 1.36 bits per heavy atom. The molecule has 1 amide bonds. The first-order chi connectivity index (χ1) is 10.7. The number of rotatable bonds is 5. The maximum absolute atomic E-state index is 12.0. The second kappa shape index (κ2) is 6.76. The number of aromatic nitrogens is 3. The van der Waals surface area contributed by atoms with E-state index in [2.05, 4.69) is 15.4 Å². The minimum absolute atomic E-state index is 0.0547. The monoisotopic (exact) mass is 330 g/mol. The van der Waals surface area contributed by atoms with Crippen molar-refractivity contribution in [1.82, 2.24) is 14.8 Å². The average molecular weight is 330 g/mol. The first-order valence-electron chi connectivity index (χ1n) is 6.63. The summed E-state index contributed by atoms with van der Waals surface area (Å²) in [5, 5.41) is 9.47.